The zero-order valence-electron chi connectivity index (χ0n) is 12.7. The van der Waals surface area contributed by atoms with Gasteiger partial charge in [0.2, 0.25) is 0 Å². The van der Waals surface area contributed by atoms with Crippen LogP contribution in [0.15, 0.2) is 65.8 Å². The molecule has 6 nitrogen and oxygen atoms in total. The Bertz CT molecular complexity index is 910. The highest BCUT2D eigenvalue weighted by Gasteiger charge is 2.32. The van der Waals surface area contributed by atoms with E-state index in [2.05, 4.69) is 4.98 Å². The van der Waals surface area contributed by atoms with Crippen LogP contribution in [0.1, 0.15) is 5.56 Å². The number of amides is 1. The van der Waals surface area contributed by atoms with E-state index in [-0.39, 0.29) is 11.6 Å². The van der Waals surface area contributed by atoms with Crippen LogP contribution in [0.25, 0.3) is 6.08 Å². The SMILES string of the molecule is O=C1/C(=C\C=C\c2ccccc2[N+](=O)[O-])SC(=S)N1c1cccnc1. The van der Waals surface area contributed by atoms with Gasteiger partial charge in [0.25, 0.3) is 11.6 Å². The van der Waals surface area contributed by atoms with E-state index in [1.165, 1.54) is 22.7 Å². The summed E-state index contributed by atoms with van der Waals surface area (Å²) in [7, 11) is 0. The fourth-order valence-electron chi connectivity index (χ4n) is 2.22. The van der Waals surface area contributed by atoms with Gasteiger partial charge < -0.3 is 0 Å². The molecule has 1 saturated heterocycles. The molecular formula is C17H11N3O3S2. The van der Waals surface area contributed by atoms with Gasteiger partial charge in [-0.2, -0.15) is 0 Å². The van der Waals surface area contributed by atoms with Crippen molar-refractivity contribution in [3.05, 3.63) is 81.5 Å². The lowest BCUT2D eigenvalue weighted by molar-refractivity contribution is -0.385. The Kier molecular flexibility index (Phi) is 5.01. The number of thioether (sulfide) groups is 1. The topological polar surface area (TPSA) is 76.3 Å². The van der Waals surface area contributed by atoms with Crippen LogP contribution in [0.3, 0.4) is 0 Å². The Morgan fingerprint density at radius 2 is 2.04 bits per heavy atom. The third kappa shape index (κ3) is 3.65. The molecule has 1 aliphatic rings. The highest BCUT2D eigenvalue weighted by Crippen LogP contribution is 2.34. The fourth-order valence-corrected chi connectivity index (χ4v) is 3.47. The van der Waals surface area contributed by atoms with Crippen LogP contribution < -0.4 is 4.90 Å². The van der Waals surface area contributed by atoms with Crippen LogP contribution in [0, 0.1) is 10.1 Å². The number of thiocarbonyl (C=S) groups is 1. The van der Waals surface area contributed by atoms with E-state index in [0.29, 0.717) is 20.5 Å². The van der Waals surface area contributed by atoms with Gasteiger partial charge in [0.1, 0.15) is 0 Å². The molecule has 0 spiro atoms. The average Bonchev–Trinajstić information content (AvgIpc) is 2.90. The van der Waals surface area contributed by atoms with Crippen molar-refractivity contribution in [2.75, 3.05) is 4.90 Å². The van der Waals surface area contributed by atoms with Crippen LogP contribution in [0.4, 0.5) is 11.4 Å². The van der Waals surface area contributed by atoms with Crippen molar-refractivity contribution < 1.29 is 9.72 Å². The number of carbonyl (C=O) groups is 1. The first kappa shape index (κ1) is 17.0. The summed E-state index contributed by atoms with van der Waals surface area (Å²) in [5.74, 6) is -0.241. The lowest BCUT2D eigenvalue weighted by Gasteiger charge is -2.13. The molecular weight excluding hydrogens is 358 g/mol. The minimum atomic E-state index is -0.443. The van der Waals surface area contributed by atoms with Gasteiger partial charge in [-0.05, 0) is 30.4 Å². The number of para-hydroxylation sites is 1. The molecule has 3 rings (SSSR count). The quantitative estimate of drug-likeness (QED) is 0.351. The van der Waals surface area contributed by atoms with Gasteiger partial charge in [-0.3, -0.25) is 24.8 Å². The van der Waals surface area contributed by atoms with Gasteiger partial charge in [0, 0.05) is 12.3 Å². The number of nitro groups is 1. The van der Waals surface area contributed by atoms with Crippen molar-refractivity contribution in [1.82, 2.24) is 4.98 Å². The Labute approximate surface area is 153 Å². The van der Waals surface area contributed by atoms with Crippen LogP contribution in [0.2, 0.25) is 0 Å². The first-order chi connectivity index (χ1) is 12.1. The van der Waals surface area contributed by atoms with Crippen molar-refractivity contribution in [3.63, 3.8) is 0 Å². The maximum Gasteiger partial charge on any atom is 0.276 e. The Balaban J connectivity index is 1.83. The maximum atomic E-state index is 12.5. The van der Waals surface area contributed by atoms with Gasteiger partial charge >= 0.3 is 0 Å². The van der Waals surface area contributed by atoms with Crippen molar-refractivity contribution in [3.8, 4) is 0 Å². The Morgan fingerprint density at radius 3 is 2.76 bits per heavy atom. The molecule has 0 saturated carbocycles. The predicted octanol–water partition coefficient (Wildman–Crippen LogP) is 3.95. The lowest BCUT2D eigenvalue weighted by Crippen LogP contribution is -2.27. The van der Waals surface area contributed by atoms with Gasteiger partial charge in [0.05, 0.1) is 27.3 Å². The monoisotopic (exact) mass is 369 g/mol. The van der Waals surface area contributed by atoms with E-state index >= 15 is 0 Å². The first-order valence-electron chi connectivity index (χ1n) is 7.16. The number of benzene rings is 1. The van der Waals surface area contributed by atoms with Gasteiger partial charge in [0.15, 0.2) is 4.32 Å². The molecule has 124 valence electrons. The summed E-state index contributed by atoms with van der Waals surface area (Å²) in [6, 6.07) is 9.88. The summed E-state index contributed by atoms with van der Waals surface area (Å²) in [5.41, 5.74) is 1.08. The third-order valence-corrected chi connectivity index (χ3v) is 4.68. The third-order valence-electron chi connectivity index (χ3n) is 3.35. The molecule has 25 heavy (non-hydrogen) atoms. The maximum absolute atomic E-state index is 12.5. The smallest absolute Gasteiger partial charge is 0.268 e. The zero-order chi connectivity index (χ0) is 17.8. The first-order valence-corrected chi connectivity index (χ1v) is 8.38. The molecule has 0 atom stereocenters. The molecule has 2 aromatic rings. The number of aromatic nitrogens is 1. The summed E-state index contributed by atoms with van der Waals surface area (Å²) >= 11 is 6.44. The molecule has 1 amide bonds. The van der Waals surface area contributed by atoms with Crippen molar-refractivity contribution in [2.24, 2.45) is 0 Å². The predicted molar refractivity (Wildman–Crippen MR) is 102 cm³/mol. The second-order valence-electron chi connectivity index (χ2n) is 4.93. The van der Waals surface area contributed by atoms with Gasteiger partial charge in [-0.15, -0.1) is 0 Å². The zero-order valence-corrected chi connectivity index (χ0v) is 14.4. The number of nitro benzene ring substituents is 1. The number of hydrogen-bond donors (Lipinski definition) is 0. The molecule has 0 radical (unpaired) electrons. The molecule has 0 aliphatic carbocycles. The average molecular weight is 369 g/mol. The minimum Gasteiger partial charge on any atom is -0.268 e. The van der Waals surface area contributed by atoms with Crippen molar-refractivity contribution >= 4 is 51.7 Å². The van der Waals surface area contributed by atoms with Crippen LogP contribution >= 0.6 is 24.0 Å². The number of rotatable bonds is 4. The van der Waals surface area contributed by atoms with E-state index in [1.807, 2.05) is 0 Å². The summed E-state index contributed by atoms with van der Waals surface area (Å²) in [4.78, 5) is 28.9. The largest absolute Gasteiger partial charge is 0.276 e. The van der Waals surface area contributed by atoms with E-state index in [1.54, 1.807) is 61.0 Å². The number of carbonyl (C=O) groups excluding carboxylic acids is 1. The number of allylic oxidation sites excluding steroid dienone is 2. The highest BCUT2D eigenvalue weighted by atomic mass is 32.2. The molecule has 1 aromatic heterocycles. The summed E-state index contributed by atoms with van der Waals surface area (Å²) in [6.45, 7) is 0. The number of anilines is 1. The van der Waals surface area contributed by atoms with Crippen molar-refractivity contribution in [1.29, 1.82) is 0 Å². The number of pyridine rings is 1. The normalized spacial score (nSPS) is 16.2. The number of nitrogens with zero attached hydrogens (tertiary/aromatic N) is 3. The molecule has 1 fully saturated rings. The van der Waals surface area contributed by atoms with Gasteiger partial charge in [-0.1, -0.05) is 42.2 Å². The van der Waals surface area contributed by atoms with E-state index in [9.17, 15) is 14.9 Å². The molecule has 8 heteroatoms. The van der Waals surface area contributed by atoms with E-state index in [4.69, 9.17) is 12.2 Å². The summed E-state index contributed by atoms with van der Waals surface area (Å²) < 4.78 is 0.420. The summed E-state index contributed by atoms with van der Waals surface area (Å²) in [6.07, 6.45) is 7.99. The second kappa shape index (κ2) is 7.37. The molecule has 0 N–H and O–H groups in total. The summed E-state index contributed by atoms with van der Waals surface area (Å²) in [5, 5.41) is 11.0. The molecule has 0 bridgehead atoms. The Hall–Kier alpha value is -2.84. The molecule has 1 aromatic carbocycles. The molecule has 0 unspecified atom stereocenters. The molecule has 1 aliphatic heterocycles. The van der Waals surface area contributed by atoms with Crippen LogP contribution in [-0.4, -0.2) is 20.1 Å². The van der Waals surface area contributed by atoms with E-state index in [0.717, 1.165) is 0 Å². The van der Waals surface area contributed by atoms with E-state index < -0.39 is 4.92 Å². The standard InChI is InChI=1S/C17H11N3O3S2/c21-16-15(25-17(24)19(16)13-7-4-10-18-11-13)9-3-6-12-5-1-2-8-14(12)20(22)23/h1-11H/b6-3+,15-9+. The van der Waals surface area contributed by atoms with Gasteiger partial charge in [-0.25, -0.2) is 0 Å². The highest BCUT2D eigenvalue weighted by molar-refractivity contribution is 8.27. The number of hydrogen-bond acceptors (Lipinski definition) is 6. The van der Waals surface area contributed by atoms with Crippen LogP contribution in [0.5, 0.6) is 0 Å². The molecule has 2 heterocycles. The van der Waals surface area contributed by atoms with Crippen molar-refractivity contribution in [2.45, 2.75) is 0 Å². The van der Waals surface area contributed by atoms with Crippen LogP contribution in [-0.2, 0) is 4.79 Å². The Morgan fingerprint density at radius 1 is 1.24 bits per heavy atom. The minimum absolute atomic E-state index is 0.00931. The fraction of sp³-hybridized carbons (Fsp3) is 0. The second-order valence-corrected chi connectivity index (χ2v) is 6.60. The lowest BCUT2D eigenvalue weighted by atomic mass is 10.1.